The van der Waals surface area contributed by atoms with Gasteiger partial charge in [-0.1, -0.05) is 25.1 Å². The molecule has 2 aromatic rings. The van der Waals surface area contributed by atoms with Crippen LogP contribution in [0.2, 0.25) is 0 Å². The van der Waals surface area contributed by atoms with Crippen LogP contribution < -0.4 is 10.1 Å². The smallest absolute Gasteiger partial charge is 0.335 e. The number of aromatic nitrogens is 3. The van der Waals surface area contributed by atoms with Crippen LogP contribution in [0, 0.1) is 5.92 Å². The van der Waals surface area contributed by atoms with E-state index < -0.39 is 0 Å². The van der Waals surface area contributed by atoms with Gasteiger partial charge in [-0.15, -0.1) is 5.10 Å². The summed E-state index contributed by atoms with van der Waals surface area (Å²) in [5.41, 5.74) is 0.975. The van der Waals surface area contributed by atoms with Crippen LogP contribution in [-0.2, 0) is 0 Å². The van der Waals surface area contributed by atoms with E-state index in [4.69, 9.17) is 4.74 Å². The first-order valence-corrected chi connectivity index (χ1v) is 6.04. The second-order valence-electron chi connectivity index (χ2n) is 4.28. The Morgan fingerprint density at radius 2 is 2.11 bits per heavy atom. The largest absolute Gasteiger partial charge is 0.462 e. The number of para-hydroxylation sites is 1. The lowest BCUT2D eigenvalue weighted by Gasteiger charge is -2.09. The lowest BCUT2D eigenvalue weighted by molar-refractivity contribution is 0.240. The summed E-state index contributed by atoms with van der Waals surface area (Å²) in [6.45, 7) is 3.64. The van der Waals surface area contributed by atoms with Crippen LogP contribution in [0.15, 0.2) is 36.7 Å². The molecule has 1 unspecified atom stereocenters. The molecular weight excluding hydrogens is 228 g/mol. The molecule has 0 aliphatic heterocycles. The second-order valence-corrected chi connectivity index (χ2v) is 4.28. The summed E-state index contributed by atoms with van der Waals surface area (Å²) in [6.07, 6.45) is 1.66. The number of nitrogens with zero attached hydrogens (tertiary/aromatic N) is 3. The predicted octanol–water partition coefficient (Wildman–Crippen LogP) is 1.50. The fourth-order valence-electron chi connectivity index (χ4n) is 1.64. The molecule has 0 amide bonds. The number of ether oxygens (including phenoxy) is 1. The third-order valence-electron chi connectivity index (χ3n) is 2.54. The highest BCUT2D eigenvalue weighted by molar-refractivity contribution is 5.29. The maximum absolute atomic E-state index is 5.54. The number of benzene rings is 1. The van der Waals surface area contributed by atoms with Crippen LogP contribution in [0.4, 0.5) is 0 Å². The van der Waals surface area contributed by atoms with Gasteiger partial charge < -0.3 is 10.1 Å². The lowest BCUT2D eigenvalue weighted by Crippen LogP contribution is -2.21. The van der Waals surface area contributed by atoms with E-state index in [-0.39, 0.29) is 0 Å². The van der Waals surface area contributed by atoms with E-state index >= 15 is 0 Å². The first kappa shape index (κ1) is 12.6. The summed E-state index contributed by atoms with van der Waals surface area (Å²) in [5.74, 6) is 0.429. The molecular formula is C13H18N4O. The average molecular weight is 246 g/mol. The maximum atomic E-state index is 5.54. The van der Waals surface area contributed by atoms with Crippen molar-refractivity contribution in [2.75, 3.05) is 20.2 Å². The molecule has 1 atom stereocenters. The van der Waals surface area contributed by atoms with Gasteiger partial charge in [-0.25, -0.2) is 4.68 Å². The highest BCUT2D eigenvalue weighted by atomic mass is 16.5. The fourth-order valence-corrected chi connectivity index (χ4v) is 1.64. The number of hydrogen-bond donors (Lipinski definition) is 1. The molecule has 1 aromatic carbocycles. The minimum Gasteiger partial charge on any atom is -0.462 e. The van der Waals surface area contributed by atoms with Gasteiger partial charge >= 0.3 is 6.01 Å². The maximum Gasteiger partial charge on any atom is 0.335 e. The molecule has 0 bridgehead atoms. The van der Waals surface area contributed by atoms with Gasteiger partial charge in [-0.3, -0.25) is 0 Å². The van der Waals surface area contributed by atoms with Gasteiger partial charge in [0.15, 0.2) is 0 Å². The number of rotatable bonds is 6. The third-order valence-corrected chi connectivity index (χ3v) is 2.54. The molecule has 1 aromatic heterocycles. The van der Waals surface area contributed by atoms with Gasteiger partial charge in [-0.05, 0) is 19.2 Å². The Kier molecular flexibility index (Phi) is 4.30. The highest BCUT2D eigenvalue weighted by Gasteiger charge is 2.06. The standard InChI is InChI=1S/C13H18N4O/c1-11(8-14-2)9-18-13-15-10-17(16-13)12-6-4-3-5-7-12/h3-7,10-11,14H,8-9H2,1-2H3. The Balaban J connectivity index is 1.95. The highest BCUT2D eigenvalue weighted by Crippen LogP contribution is 2.08. The first-order valence-electron chi connectivity index (χ1n) is 6.04. The molecule has 2 rings (SSSR count). The predicted molar refractivity (Wildman–Crippen MR) is 69.9 cm³/mol. The van der Waals surface area contributed by atoms with E-state index in [0.717, 1.165) is 12.2 Å². The zero-order chi connectivity index (χ0) is 12.8. The zero-order valence-electron chi connectivity index (χ0n) is 10.7. The molecule has 1 heterocycles. The molecule has 0 saturated heterocycles. The summed E-state index contributed by atoms with van der Waals surface area (Å²) in [5, 5.41) is 7.38. The molecule has 5 nitrogen and oxygen atoms in total. The molecule has 0 fully saturated rings. The molecule has 5 heteroatoms. The molecule has 96 valence electrons. The van der Waals surface area contributed by atoms with Crippen LogP contribution in [0.1, 0.15) is 6.92 Å². The van der Waals surface area contributed by atoms with Crippen molar-refractivity contribution in [1.29, 1.82) is 0 Å². The SMILES string of the molecule is CNCC(C)COc1ncn(-c2ccccc2)n1. The molecule has 0 aliphatic rings. The minimum atomic E-state index is 0.418. The Labute approximate surface area is 107 Å². The van der Waals surface area contributed by atoms with E-state index in [0.29, 0.717) is 18.5 Å². The average Bonchev–Trinajstić information content (AvgIpc) is 2.87. The van der Waals surface area contributed by atoms with E-state index in [9.17, 15) is 0 Å². The second kappa shape index (κ2) is 6.16. The van der Waals surface area contributed by atoms with Gasteiger partial charge in [0.25, 0.3) is 0 Å². The van der Waals surface area contributed by atoms with Crippen LogP contribution in [0.5, 0.6) is 6.01 Å². The van der Waals surface area contributed by atoms with Gasteiger partial charge in [0, 0.05) is 12.5 Å². The van der Waals surface area contributed by atoms with Gasteiger partial charge in [0.1, 0.15) is 6.33 Å². The molecule has 0 radical (unpaired) electrons. The van der Waals surface area contributed by atoms with E-state index in [1.807, 2.05) is 37.4 Å². The van der Waals surface area contributed by atoms with Crippen LogP contribution >= 0.6 is 0 Å². The van der Waals surface area contributed by atoms with Crippen molar-refractivity contribution in [2.24, 2.45) is 5.92 Å². The summed E-state index contributed by atoms with van der Waals surface area (Å²) in [7, 11) is 1.93. The van der Waals surface area contributed by atoms with Crippen molar-refractivity contribution >= 4 is 0 Å². The summed E-state index contributed by atoms with van der Waals surface area (Å²) >= 11 is 0. The van der Waals surface area contributed by atoms with Crippen molar-refractivity contribution in [2.45, 2.75) is 6.92 Å². The van der Waals surface area contributed by atoms with E-state index in [1.54, 1.807) is 11.0 Å². The molecule has 0 saturated carbocycles. The summed E-state index contributed by atoms with van der Waals surface area (Å²) in [6, 6.07) is 10.3. The Morgan fingerprint density at radius 3 is 2.83 bits per heavy atom. The Bertz CT molecular complexity index is 469. The van der Waals surface area contributed by atoms with Gasteiger partial charge in [0.05, 0.1) is 12.3 Å². The van der Waals surface area contributed by atoms with Crippen molar-refractivity contribution in [3.8, 4) is 11.7 Å². The van der Waals surface area contributed by atoms with Crippen molar-refractivity contribution in [3.63, 3.8) is 0 Å². The molecule has 1 N–H and O–H groups in total. The van der Waals surface area contributed by atoms with Crippen molar-refractivity contribution < 1.29 is 4.74 Å². The summed E-state index contributed by atoms with van der Waals surface area (Å²) in [4.78, 5) is 4.13. The number of hydrogen-bond acceptors (Lipinski definition) is 4. The molecule has 0 aliphatic carbocycles. The van der Waals surface area contributed by atoms with E-state index in [1.165, 1.54) is 0 Å². The van der Waals surface area contributed by atoms with Crippen LogP contribution in [0.3, 0.4) is 0 Å². The Morgan fingerprint density at radius 1 is 1.33 bits per heavy atom. The molecule has 0 spiro atoms. The minimum absolute atomic E-state index is 0.418. The third kappa shape index (κ3) is 3.30. The van der Waals surface area contributed by atoms with Crippen molar-refractivity contribution in [3.05, 3.63) is 36.7 Å². The number of nitrogens with one attached hydrogen (secondary N) is 1. The van der Waals surface area contributed by atoms with Crippen molar-refractivity contribution in [1.82, 2.24) is 20.1 Å². The Hall–Kier alpha value is -1.88. The molecule has 18 heavy (non-hydrogen) atoms. The normalized spacial score (nSPS) is 12.3. The van der Waals surface area contributed by atoms with Gasteiger partial charge in [0.2, 0.25) is 0 Å². The first-order chi connectivity index (χ1) is 8.79. The summed E-state index contributed by atoms with van der Waals surface area (Å²) < 4.78 is 7.25. The quantitative estimate of drug-likeness (QED) is 0.839. The fraction of sp³-hybridized carbons (Fsp3) is 0.385. The van der Waals surface area contributed by atoms with Crippen LogP contribution in [0.25, 0.3) is 5.69 Å². The monoisotopic (exact) mass is 246 g/mol. The van der Waals surface area contributed by atoms with Crippen LogP contribution in [-0.4, -0.2) is 35.0 Å². The topological polar surface area (TPSA) is 52.0 Å². The van der Waals surface area contributed by atoms with Gasteiger partial charge in [-0.2, -0.15) is 4.98 Å². The zero-order valence-corrected chi connectivity index (χ0v) is 10.7. The lowest BCUT2D eigenvalue weighted by atomic mass is 10.2. The van der Waals surface area contributed by atoms with E-state index in [2.05, 4.69) is 22.3 Å².